The summed E-state index contributed by atoms with van der Waals surface area (Å²) in [6, 6.07) is 5.95. The van der Waals surface area contributed by atoms with E-state index in [-0.39, 0.29) is 22.0 Å². The Hall–Kier alpha value is -3.96. The molecule has 1 aliphatic heterocycles. The van der Waals surface area contributed by atoms with Crippen LogP contribution in [0.3, 0.4) is 0 Å². The van der Waals surface area contributed by atoms with Crippen molar-refractivity contribution >= 4 is 33.5 Å². The van der Waals surface area contributed by atoms with Crippen molar-refractivity contribution in [2.45, 2.75) is 12.6 Å². The number of alkyl halides is 3. The molecule has 178 valence electrons. The predicted molar refractivity (Wildman–Crippen MR) is 114 cm³/mol. The number of nitrogen functional groups attached to an aromatic ring is 1. The molecule has 1 amide bonds. The molecule has 0 atom stereocenters. The van der Waals surface area contributed by atoms with Crippen molar-refractivity contribution < 1.29 is 31.6 Å². The first-order valence-corrected chi connectivity index (χ1v) is 9.94. The van der Waals surface area contributed by atoms with Gasteiger partial charge in [0.1, 0.15) is 22.9 Å². The molecule has 7 nitrogen and oxygen atoms in total. The summed E-state index contributed by atoms with van der Waals surface area (Å²) in [5, 5.41) is 5.01. The Kier molecular flexibility index (Phi) is 5.75. The summed E-state index contributed by atoms with van der Waals surface area (Å²) < 4.78 is 70.1. The van der Waals surface area contributed by atoms with Crippen molar-refractivity contribution in [2.24, 2.45) is 7.05 Å². The van der Waals surface area contributed by atoms with E-state index in [1.54, 1.807) is 13.2 Å². The number of hydrogen-bond donors (Lipinski definition) is 1. The minimum Gasteiger partial charge on any atom is -0.493 e. The van der Waals surface area contributed by atoms with Crippen LogP contribution >= 0.6 is 0 Å². The average molecular weight is 479 g/mol. The zero-order valence-corrected chi connectivity index (χ0v) is 18.0. The largest absolute Gasteiger partial charge is 0.493 e. The summed E-state index contributed by atoms with van der Waals surface area (Å²) >= 11 is 0. The summed E-state index contributed by atoms with van der Waals surface area (Å²) in [7, 11) is 2.60. The lowest BCUT2D eigenvalue weighted by atomic mass is 10.1. The fourth-order valence-electron chi connectivity index (χ4n) is 3.66. The van der Waals surface area contributed by atoms with Crippen LogP contribution in [-0.4, -0.2) is 39.4 Å². The van der Waals surface area contributed by atoms with E-state index in [2.05, 4.69) is 10.1 Å². The molecular weight excluding hydrogens is 461 g/mol. The Morgan fingerprint density at radius 2 is 1.94 bits per heavy atom. The van der Waals surface area contributed by atoms with Crippen LogP contribution in [-0.2, 0) is 19.6 Å². The zero-order chi connectivity index (χ0) is 24.8. The maximum absolute atomic E-state index is 14.0. The topological polar surface area (TPSA) is 86.3 Å². The second-order valence-corrected chi connectivity index (χ2v) is 7.58. The van der Waals surface area contributed by atoms with E-state index in [0.717, 1.165) is 30.8 Å². The van der Waals surface area contributed by atoms with Gasteiger partial charge in [0, 0.05) is 37.4 Å². The summed E-state index contributed by atoms with van der Waals surface area (Å²) in [4.78, 5) is 15.8. The van der Waals surface area contributed by atoms with Crippen LogP contribution in [0.15, 0.2) is 36.5 Å². The van der Waals surface area contributed by atoms with Crippen LogP contribution in [0.4, 0.5) is 27.9 Å². The molecule has 5 rings (SSSR count). The first kappa shape index (κ1) is 23.2. The van der Waals surface area contributed by atoms with Gasteiger partial charge < -0.3 is 10.5 Å². The molecule has 0 bridgehead atoms. The highest BCUT2D eigenvalue weighted by Gasteiger charge is 2.31. The van der Waals surface area contributed by atoms with Gasteiger partial charge in [0.05, 0.1) is 29.4 Å². The number of rotatable bonds is 1. The number of aryl methyl sites for hydroxylation is 1. The third-order valence-corrected chi connectivity index (χ3v) is 5.33. The van der Waals surface area contributed by atoms with E-state index in [4.69, 9.17) is 10.5 Å². The number of nitrogens with zero attached hydrogens (tertiary/aromatic N) is 4. The maximum atomic E-state index is 14.0. The van der Waals surface area contributed by atoms with Crippen LogP contribution in [0.25, 0.3) is 21.8 Å². The van der Waals surface area contributed by atoms with Gasteiger partial charge in [-0.15, -0.1) is 0 Å². The summed E-state index contributed by atoms with van der Waals surface area (Å²) in [6.07, 6.45) is -2.03. The molecule has 4 aromatic rings. The number of pyridine rings is 1. The van der Waals surface area contributed by atoms with E-state index in [0.29, 0.717) is 35.1 Å². The first-order valence-electron chi connectivity index (χ1n) is 9.94. The van der Waals surface area contributed by atoms with Crippen molar-refractivity contribution in [1.82, 2.24) is 19.9 Å². The van der Waals surface area contributed by atoms with Crippen LogP contribution in [0.5, 0.6) is 5.75 Å². The van der Waals surface area contributed by atoms with Crippen molar-refractivity contribution in [3.05, 3.63) is 59.0 Å². The number of halogens is 5. The Morgan fingerprint density at radius 3 is 2.62 bits per heavy atom. The number of fused-ring (bicyclic) bond motifs is 4. The van der Waals surface area contributed by atoms with Crippen molar-refractivity contribution in [1.29, 1.82) is 0 Å². The van der Waals surface area contributed by atoms with E-state index >= 15 is 0 Å². The molecule has 0 fully saturated rings. The van der Waals surface area contributed by atoms with Gasteiger partial charge in [-0.05, 0) is 23.8 Å². The first-order chi connectivity index (χ1) is 16.0. The van der Waals surface area contributed by atoms with E-state index in [9.17, 15) is 26.8 Å². The normalized spacial score (nSPS) is 12.8. The Labute approximate surface area is 189 Å². The molecular formula is C22H18F5N5O2. The standard InChI is InChI=1S/C13H11F2N5O.C9H7F3O/c1-19(15)13(21)7-3-6-8-5-17-20(2)11(8)12(16)18-10(6)4-9(7)14;10-9(11,12)7-2-1-6-3-4-13-8(6)5-7/h3-5H,1-2H3,(H2,16,18);1-2,5H,3-4H2. The van der Waals surface area contributed by atoms with Crippen LogP contribution in [0.1, 0.15) is 21.5 Å². The van der Waals surface area contributed by atoms with Gasteiger partial charge in [0.25, 0.3) is 5.91 Å². The zero-order valence-electron chi connectivity index (χ0n) is 18.0. The molecule has 2 N–H and O–H groups in total. The molecule has 3 heterocycles. The Bertz CT molecular complexity index is 1410. The molecule has 2 aromatic carbocycles. The second kappa shape index (κ2) is 8.43. The van der Waals surface area contributed by atoms with Gasteiger partial charge in [0.2, 0.25) is 0 Å². The molecule has 1 aliphatic rings. The highest BCUT2D eigenvalue weighted by molar-refractivity contribution is 6.10. The van der Waals surface area contributed by atoms with Gasteiger partial charge in [-0.3, -0.25) is 9.48 Å². The van der Waals surface area contributed by atoms with Gasteiger partial charge in [-0.2, -0.15) is 23.4 Å². The third kappa shape index (κ3) is 4.18. The lowest BCUT2D eigenvalue weighted by Gasteiger charge is -2.09. The van der Waals surface area contributed by atoms with Gasteiger partial charge in [0.15, 0.2) is 0 Å². The lowest BCUT2D eigenvalue weighted by Crippen LogP contribution is -2.19. The second-order valence-electron chi connectivity index (χ2n) is 7.58. The number of carbonyl (C=O) groups is 1. The quantitative estimate of drug-likeness (QED) is 0.322. The van der Waals surface area contributed by atoms with Crippen molar-refractivity contribution in [2.75, 3.05) is 19.4 Å². The highest BCUT2D eigenvalue weighted by Crippen LogP contribution is 2.35. The molecule has 0 radical (unpaired) electrons. The van der Waals surface area contributed by atoms with Gasteiger partial charge in [-0.1, -0.05) is 10.5 Å². The highest BCUT2D eigenvalue weighted by atomic mass is 19.4. The maximum Gasteiger partial charge on any atom is 0.416 e. The molecule has 12 heteroatoms. The minimum absolute atomic E-state index is 0.171. The van der Waals surface area contributed by atoms with Crippen molar-refractivity contribution in [3.63, 3.8) is 0 Å². The molecule has 0 unspecified atom stereocenters. The van der Waals surface area contributed by atoms with Crippen LogP contribution in [0, 0.1) is 5.82 Å². The van der Waals surface area contributed by atoms with E-state index in [1.807, 2.05) is 0 Å². The van der Waals surface area contributed by atoms with E-state index < -0.39 is 23.5 Å². The molecule has 2 aromatic heterocycles. The van der Waals surface area contributed by atoms with Crippen LogP contribution in [0.2, 0.25) is 0 Å². The number of benzene rings is 2. The smallest absolute Gasteiger partial charge is 0.416 e. The lowest BCUT2D eigenvalue weighted by molar-refractivity contribution is -0.137. The molecule has 0 aliphatic carbocycles. The average Bonchev–Trinajstić information content (AvgIpc) is 3.39. The monoisotopic (exact) mass is 479 g/mol. The number of carbonyl (C=O) groups excluding carboxylic acids is 1. The number of ether oxygens (including phenoxy) is 1. The summed E-state index contributed by atoms with van der Waals surface area (Å²) in [6.45, 7) is 0.483. The molecule has 0 saturated heterocycles. The number of nitrogens with two attached hydrogens (primary N) is 1. The Morgan fingerprint density at radius 1 is 1.21 bits per heavy atom. The van der Waals surface area contributed by atoms with Gasteiger partial charge >= 0.3 is 6.18 Å². The minimum atomic E-state index is -4.28. The number of amides is 1. The Balaban J connectivity index is 0.000000180. The number of aromatic nitrogens is 3. The summed E-state index contributed by atoms with van der Waals surface area (Å²) in [5.74, 6) is -1.34. The fourth-order valence-corrected chi connectivity index (χ4v) is 3.66. The molecule has 0 saturated carbocycles. The summed E-state index contributed by atoms with van der Waals surface area (Å²) in [5.41, 5.74) is 6.52. The fraction of sp³-hybridized carbons (Fsp3) is 0.227. The predicted octanol–water partition coefficient (Wildman–Crippen LogP) is 4.44. The molecule has 34 heavy (non-hydrogen) atoms. The van der Waals surface area contributed by atoms with E-state index in [1.165, 1.54) is 16.8 Å². The van der Waals surface area contributed by atoms with Crippen LogP contribution < -0.4 is 10.5 Å². The molecule has 0 spiro atoms. The third-order valence-electron chi connectivity index (χ3n) is 5.33. The SMILES string of the molecule is CN(F)C(=O)c1cc2c(cc1F)nc(N)c1c2cnn1C.FC(F)(F)c1ccc2c(c1)OCC2. The number of hydrogen-bond acceptors (Lipinski definition) is 5. The number of anilines is 1. The van der Waals surface area contributed by atoms with Gasteiger partial charge in [-0.25, -0.2) is 9.37 Å². The van der Waals surface area contributed by atoms with Crippen molar-refractivity contribution in [3.8, 4) is 5.75 Å².